The Labute approximate surface area is 179 Å². The number of nitrogens with one attached hydrogen (secondary N) is 2. The van der Waals surface area contributed by atoms with Crippen LogP contribution in [0.15, 0.2) is 109 Å². The third-order valence-corrected chi connectivity index (χ3v) is 5.71. The van der Waals surface area contributed by atoms with Gasteiger partial charge in [0.15, 0.2) is 0 Å². The summed E-state index contributed by atoms with van der Waals surface area (Å²) in [7, 11) is 0. The van der Waals surface area contributed by atoms with Crippen molar-refractivity contribution < 1.29 is 0 Å². The second-order valence-electron chi connectivity index (χ2n) is 7.62. The number of aromatic amines is 2. The van der Waals surface area contributed by atoms with Crippen LogP contribution in [-0.4, -0.2) is 20.9 Å². The molecule has 0 aliphatic carbocycles. The maximum absolute atomic E-state index is 4.71. The number of rotatable bonds is 4. The standard InChI is InChI=1S/C27H20N4/c1-2-8-19(9-3-1)14-30-31-17-24(22-15-28-26-12-6-4-10-20(22)26)25(18-31)23-16-29-27-13-7-5-11-21(23)27/h1-18,28-29H. The van der Waals surface area contributed by atoms with Gasteiger partial charge in [-0.2, -0.15) is 5.10 Å². The molecule has 3 heterocycles. The highest BCUT2D eigenvalue weighted by molar-refractivity contribution is 6.04. The van der Waals surface area contributed by atoms with E-state index in [9.17, 15) is 0 Å². The van der Waals surface area contributed by atoms with Gasteiger partial charge in [-0.25, -0.2) is 4.68 Å². The Morgan fingerprint density at radius 1 is 0.581 bits per heavy atom. The fourth-order valence-electron chi connectivity index (χ4n) is 4.20. The highest BCUT2D eigenvalue weighted by atomic mass is 15.3. The van der Waals surface area contributed by atoms with Crippen molar-refractivity contribution in [3.8, 4) is 22.3 Å². The van der Waals surface area contributed by atoms with Crippen LogP contribution in [0.1, 0.15) is 5.56 Å². The molecule has 3 aromatic carbocycles. The average Bonchev–Trinajstić information content (AvgIpc) is 3.54. The van der Waals surface area contributed by atoms with E-state index in [2.05, 4.69) is 83.3 Å². The van der Waals surface area contributed by atoms with E-state index >= 15 is 0 Å². The van der Waals surface area contributed by atoms with Gasteiger partial charge in [-0.15, -0.1) is 0 Å². The Hall–Kier alpha value is -4.31. The second kappa shape index (κ2) is 7.18. The van der Waals surface area contributed by atoms with Gasteiger partial charge in [-0.3, -0.25) is 0 Å². The van der Waals surface area contributed by atoms with Gasteiger partial charge < -0.3 is 9.97 Å². The van der Waals surface area contributed by atoms with Gasteiger partial charge in [0, 0.05) is 68.8 Å². The predicted molar refractivity (Wildman–Crippen MR) is 128 cm³/mol. The summed E-state index contributed by atoms with van der Waals surface area (Å²) in [4.78, 5) is 6.82. The minimum absolute atomic E-state index is 1.07. The Bertz CT molecular complexity index is 1440. The highest BCUT2D eigenvalue weighted by Crippen LogP contribution is 2.39. The van der Waals surface area contributed by atoms with E-state index in [1.807, 2.05) is 41.2 Å². The largest absolute Gasteiger partial charge is 0.361 e. The van der Waals surface area contributed by atoms with Gasteiger partial charge in [-0.05, 0) is 17.7 Å². The Kier molecular flexibility index (Phi) is 4.06. The first-order valence-corrected chi connectivity index (χ1v) is 10.3. The van der Waals surface area contributed by atoms with Crippen molar-refractivity contribution in [2.24, 2.45) is 5.10 Å². The van der Waals surface area contributed by atoms with E-state index in [1.165, 1.54) is 21.9 Å². The molecule has 0 saturated carbocycles. The smallest absolute Gasteiger partial charge is 0.0550 e. The number of H-pyrrole nitrogens is 2. The normalized spacial score (nSPS) is 11.7. The molecular weight excluding hydrogens is 380 g/mol. The zero-order valence-electron chi connectivity index (χ0n) is 16.8. The lowest BCUT2D eigenvalue weighted by molar-refractivity contribution is 0.896. The number of hydrogen-bond donors (Lipinski definition) is 2. The molecule has 0 aliphatic rings. The van der Waals surface area contributed by atoms with Crippen molar-refractivity contribution in [2.45, 2.75) is 0 Å². The molecule has 4 nitrogen and oxygen atoms in total. The number of fused-ring (bicyclic) bond motifs is 2. The molecule has 31 heavy (non-hydrogen) atoms. The Balaban J connectivity index is 1.55. The maximum Gasteiger partial charge on any atom is 0.0550 e. The molecule has 0 bridgehead atoms. The van der Waals surface area contributed by atoms with Crippen molar-refractivity contribution in [3.63, 3.8) is 0 Å². The Morgan fingerprint density at radius 2 is 1.10 bits per heavy atom. The summed E-state index contributed by atoms with van der Waals surface area (Å²) >= 11 is 0. The first-order chi connectivity index (χ1) is 15.4. The number of para-hydroxylation sites is 2. The highest BCUT2D eigenvalue weighted by Gasteiger charge is 2.17. The lowest BCUT2D eigenvalue weighted by atomic mass is 9.98. The fourth-order valence-corrected chi connectivity index (χ4v) is 4.20. The van der Waals surface area contributed by atoms with Gasteiger partial charge in [0.2, 0.25) is 0 Å². The SMILES string of the molecule is C(=Nn1cc(-c2c[nH]c3ccccc23)c(-c2c[nH]c3ccccc23)c1)c1ccccc1. The van der Waals surface area contributed by atoms with Crippen LogP contribution >= 0.6 is 0 Å². The lowest BCUT2D eigenvalue weighted by Crippen LogP contribution is -1.86. The van der Waals surface area contributed by atoms with Crippen LogP contribution < -0.4 is 0 Å². The van der Waals surface area contributed by atoms with Crippen molar-refractivity contribution in [3.05, 3.63) is 109 Å². The summed E-state index contributed by atoms with van der Waals surface area (Å²) in [5.41, 5.74) is 7.96. The fraction of sp³-hybridized carbons (Fsp3) is 0. The second-order valence-corrected chi connectivity index (χ2v) is 7.62. The quantitative estimate of drug-likeness (QED) is 0.311. The molecule has 0 spiro atoms. The molecule has 6 rings (SSSR count). The molecule has 0 atom stereocenters. The van der Waals surface area contributed by atoms with Gasteiger partial charge in [0.05, 0.1) is 6.21 Å². The van der Waals surface area contributed by atoms with E-state index in [0.717, 1.165) is 27.7 Å². The third kappa shape index (κ3) is 3.06. The minimum Gasteiger partial charge on any atom is -0.361 e. The van der Waals surface area contributed by atoms with Crippen LogP contribution in [0.4, 0.5) is 0 Å². The van der Waals surface area contributed by atoms with Gasteiger partial charge in [0.25, 0.3) is 0 Å². The third-order valence-electron chi connectivity index (χ3n) is 5.71. The lowest BCUT2D eigenvalue weighted by Gasteiger charge is -2.02. The van der Waals surface area contributed by atoms with Crippen LogP contribution in [0, 0.1) is 0 Å². The molecule has 148 valence electrons. The monoisotopic (exact) mass is 400 g/mol. The van der Waals surface area contributed by atoms with Crippen LogP contribution in [0.25, 0.3) is 44.1 Å². The summed E-state index contributed by atoms with van der Waals surface area (Å²) in [6, 6.07) is 26.9. The van der Waals surface area contributed by atoms with E-state index in [4.69, 9.17) is 5.10 Å². The van der Waals surface area contributed by atoms with Crippen LogP contribution in [-0.2, 0) is 0 Å². The van der Waals surface area contributed by atoms with Gasteiger partial charge in [0.1, 0.15) is 0 Å². The molecule has 4 heteroatoms. The van der Waals surface area contributed by atoms with Crippen molar-refractivity contribution in [1.29, 1.82) is 0 Å². The van der Waals surface area contributed by atoms with Gasteiger partial charge in [-0.1, -0.05) is 66.7 Å². The topological polar surface area (TPSA) is 48.9 Å². The zero-order valence-corrected chi connectivity index (χ0v) is 16.8. The zero-order chi connectivity index (χ0) is 20.6. The first-order valence-electron chi connectivity index (χ1n) is 10.3. The van der Waals surface area contributed by atoms with E-state index in [1.54, 1.807) is 0 Å². The summed E-state index contributed by atoms with van der Waals surface area (Å²) in [6.45, 7) is 0. The molecule has 6 aromatic rings. The predicted octanol–water partition coefficient (Wildman–Crippen LogP) is 6.67. The molecular formula is C27H20N4. The summed E-state index contributed by atoms with van der Waals surface area (Å²) in [6.07, 6.45) is 10.3. The summed E-state index contributed by atoms with van der Waals surface area (Å²) in [5.74, 6) is 0. The Morgan fingerprint density at radius 3 is 1.68 bits per heavy atom. The molecule has 0 saturated heterocycles. The van der Waals surface area contributed by atoms with Crippen LogP contribution in [0.3, 0.4) is 0 Å². The van der Waals surface area contributed by atoms with Gasteiger partial charge >= 0.3 is 0 Å². The summed E-state index contributed by atoms with van der Waals surface area (Å²) < 4.78 is 1.90. The van der Waals surface area contributed by atoms with Crippen molar-refractivity contribution in [1.82, 2.24) is 14.6 Å². The molecule has 0 aliphatic heterocycles. The van der Waals surface area contributed by atoms with E-state index in [0.29, 0.717) is 0 Å². The number of aromatic nitrogens is 3. The first kappa shape index (κ1) is 17.5. The van der Waals surface area contributed by atoms with Crippen molar-refractivity contribution in [2.75, 3.05) is 0 Å². The molecule has 0 fully saturated rings. The molecule has 0 unspecified atom stereocenters. The molecule has 0 radical (unpaired) electrons. The number of nitrogens with zero attached hydrogens (tertiary/aromatic N) is 2. The van der Waals surface area contributed by atoms with E-state index < -0.39 is 0 Å². The van der Waals surface area contributed by atoms with Crippen LogP contribution in [0.5, 0.6) is 0 Å². The summed E-state index contributed by atoms with van der Waals surface area (Å²) in [5, 5.41) is 7.11. The molecule has 0 amide bonds. The maximum atomic E-state index is 4.71. The minimum atomic E-state index is 1.07. The van der Waals surface area contributed by atoms with Crippen molar-refractivity contribution >= 4 is 28.0 Å². The van der Waals surface area contributed by atoms with Crippen LogP contribution in [0.2, 0.25) is 0 Å². The number of benzene rings is 3. The molecule has 2 N–H and O–H groups in total. The molecule has 3 aromatic heterocycles. The number of hydrogen-bond acceptors (Lipinski definition) is 1. The average molecular weight is 400 g/mol. The van der Waals surface area contributed by atoms with E-state index in [-0.39, 0.29) is 0 Å².